The molecule has 5 nitrogen and oxygen atoms in total. The molecule has 0 saturated carbocycles. The van der Waals surface area contributed by atoms with Crippen molar-refractivity contribution in [1.29, 1.82) is 0 Å². The molecule has 0 radical (unpaired) electrons. The number of aromatic nitrogens is 2. The van der Waals surface area contributed by atoms with Gasteiger partial charge in [0.25, 0.3) is 0 Å². The Hall–Kier alpha value is -1.36. The third-order valence-corrected chi connectivity index (χ3v) is 2.57. The van der Waals surface area contributed by atoms with Gasteiger partial charge in [0, 0.05) is 19.2 Å². The molecule has 0 unspecified atom stereocenters. The summed E-state index contributed by atoms with van der Waals surface area (Å²) < 4.78 is 4.64. The first-order valence-corrected chi connectivity index (χ1v) is 4.89. The van der Waals surface area contributed by atoms with E-state index in [1.165, 1.54) is 13.4 Å². The first kappa shape index (κ1) is 10.2. The fourth-order valence-corrected chi connectivity index (χ4v) is 1.62. The molecule has 1 aliphatic rings. The van der Waals surface area contributed by atoms with Crippen molar-refractivity contribution < 1.29 is 9.53 Å². The van der Waals surface area contributed by atoms with E-state index in [9.17, 15) is 4.79 Å². The molecule has 1 aromatic heterocycles. The zero-order valence-electron chi connectivity index (χ0n) is 8.18. The summed E-state index contributed by atoms with van der Waals surface area (Å²) in [6, 6.07) is 1.68. The van der Waals surface area contributed by atoms with Gasteiger partial charge in [-0.3, -0.25) is 4.79 Å². The third-order valence-electron chi connectivity index (χ3n) is 2.36. The molecule has 1 aromatic rings. The van der Waals surface area contributed by atoms with E-state index in [1.54, 1.807) is 6.07 Å². The Morgan fingerprint density at radius 1 is 1.60 bits per heavy atom. The number of anilines is 1. The van der Waals surface area contributed by atoms with Gasteiger partial charge < -0.3 is 9.64 Å². The van der Waals surface area contributed by atoms with Gasteiger partial charge in [-0.15, -0.1) is 0 Å². The Bertz CT molecular complexity index is 379. The van der Waals surface area contributed by atoms with Crippen molar-refractivity contribution in [3.8, 4) is 0 Å². The van der Waals surface area contributed by atoms with Gasteiger partial charge in [0.15, 0.2) is 0 Å². The number of rotatable bonds is 2. The van der Waals surface area contributed by atoms with Gasteiger partial charge in [0.1, 0.15) is 17.3 Å². The minimum absolute atomic E-state index is 0.0521. The molecule has 80 valence electrons. The molecule has 0 spiro atoms. The van der Waals surface area contributed by atoms with Crippen molar-refractivity contribution >= 4 is 23.4 Å². The molecule has 0 bridgehead atoms. The maximum absolute atomic E-state index is 11.1. The lowest BCUT2D eigenvalue weighted by Crippen LogP contribution is -2.51. The van der Waals surface area contributed by atoms with Crippen molar-refractivity contribution in [2.75, 3.05) is 25.1 Å². The number of nitrogens with zero attached hydrogens (tertiary/aromatic N) is 3. The number of hydrogen-bond donors (Lipinski definition) is 0. The van der Waals surface area contributed by atoms with Gasteiger partial charge in [-0.25, -0.2) is 9.97 Å². The predicted octanol–water partition coefficient (Wildman–Crippen LogP) is 0.739. The fourth-order valence-electron chi connectivity index (χ4n) is 1.48. The average molecular weight is 228 g/mol. The van der Waals surface area contributed by atoms with E-state index >= 15 is 0 Å². The summed E-state index contributed by atoms with van der Waals surface area (Å²) in [4.78, 5) is 20.9. The average Bonchev–Trinajstić information content (AvgIpc) is 2.15. The Labute approximate surface area is 92.0 Å². The lowest BCUT2D eigenvalue weighted by atomic mass is 10.0. The van der Waals surface area contributed by atoms with Crippen LogP contribution in [0, 0.1) is 5.92 Å². The number of halogens is 1. The van der Waals surface area contributed by atoms with Crippen molar-refractivity contribution in [2.45, 2.75) is 0 Å². The van der Waals surface area contributed by atoms with Crippen LogP contribution >= 0.6 is 11.6 Å². The van der Waals surface area contributed by atoms with Crippen LogP contribution in [0.5, 0.6) is 0 Å². The van der Waals surface area contributed by atoms with Gasteiger partial charge in [-0.1, -0.05) is 11.6 Å². The smallest absolute Gasteiger partial charge is 0.312 e. The number of esters is 1. The fraction of sp³-hybridized carbons (Fsp3) is 0.444. The van der Waals surface area contributed by atoms with E-state index in [2.05, 4.69) is 14.7 Å². The number of ether oxygens (including phenoxy) is 1. The molecule has 1 saturated heterocycles. The van der Waals surface area contributed by atoms with E-state index in [0.29, 0.717) is 18.2 Å². The van der Waals surface area contributed by atoms with E-state index in [-0.39, 0.29) is 11.9 Å². The van der Waals surface area contributed by atoms with Crippen molar-refractivity contribution in [3.63, 3.8) is 0 Å². The highest BCUT2D eigenvalue weighted by Crippen LogP contribution is 2.24. The monoisotopic (exact) mass is 227 g/mol. The molecule has 1 fully saturated rings. The Morgan fingerprint density at radius 3 is 2.93 bits per heavy atom. The van der Waals surface area contributed by atoms with Crippen LogP contribution in [0.2, 0.25) is 5.15 Å². The molecular formula is C9H10ClN3O2. The van der Waals surface area contributed by atoms with Gasteiger partial charge in [0.2, 0.25) is 0 Å². The molecule has 2 heterocycles. The lowest BCUT2D eigenvalue weighted by Gasteiger charge is -2.38. The van der Waals surface area contributed by atoms with Crippen LogP contribution in [0.4, 0.5) is 5.82 Å². The largest absolute Gasteiger partial charge is 0.469 e. The SMILES string of the molecule is COC(=O)C1CN(c2cc(Cl)ncn2)C1. The minimum atomic E-state index is -0.175. The van der Waals surface area contributed by atoms with Gasteiger partial charge in [-0.05, 0) is 0 Å². The van der Waals surface area contributed by atoms with Crippen LogP contribution in [0.25, 0.3) is 0 Å². The normalized spacial score (nSPS) is 16.0. The molecule has 6 heteroatoms. The van der Waals surface area contributed by atoms with Crippen LogP contribution in [-0.4, -0.2) is 36.1 Å². The first-order valence-electron chi connectivity index (χ1n) is 4.51. The lowest BCUT2D eigenvalue weighted by molar-refractivity contribution is -0.146. The second-order valence-electron chi connectivity index (χ2n) is 3.32. The predicted molar refractivity (Wildman–Crippen MR) is 54.8 cm³/mol. The van der Waals surface area contributed by atoms with E-state index in [4.69, 9.17) is 11.6 Å². The maximum atomic E-state index is 11.1. The summed E-state index contributed by atoms with van der Waals surface area (Å²) >= 11 is 5.73. The number of carbonyl (C=O) groups excluding carboxylic acids is 1. The standard InChI is InChI=1S/C9H10ClN3O2/c1-15-9(14)6-3-13(4-6)8-2-7(10)11-5-12-8/h2,5-6H,3-4H2,1H3. The quantitative estimate of drug-likeness (QED) is 0.551. The molecular weight excluding hydrogens is 218 g/mol. The summed E-state index contributed by atoms with van der Waals surface area (Å²) in [6.45, 7) is 1.25. The Balaban J connectivity index is 1.97. The summed E-state index contributed by atoms with van der Waals surface area (Å²) in [5.74, 6) is 0.519. The van der Waals surface area contributed by atoms with Gasteiger partial charge in [-0.2, -0.15) is 0 Å². The molecule has 0 aliphatic carbocycles. The topological polar surface area (TPSA) is 55.3 Å². The Morgan fingerprint density at radius 2 is 2.33 bits per heavy atom. The minimum Gasteiger partial charge on any atom is -0.469 e. The van der Waals surface area contributed by atoms with E-state index in [1.807, 2.05) is 4.90 Å². The summed E-state index contributed by atoms with van der Waals surface area (Å²) in [7, 11) is 1.40. The van der Waals surface area contributed by atoms with Crippen LogP contribution in [0.15, 0.2) is 12.4 Å². The Kier molecular flexibility index (Phi) is 2.73. The highest BCUT2D eigenvalue weighted by Gasteiger charge is 2.34. The van der Waals surface area contributed by atoms with Crippen molar-refractivity contribution in [2.24, 2.45) is 5.92 Å². The van der Waals surface area contributed by atoms with Crippen LogP contribution in [0.3, 0.4) is 0 Å². The van der Waals surface area contributed by atoms with Crippen LogP contribution in [-0.2, 0) is 9.53 Å². The highest BCUT2D eigenvalue weighted by atomic mass is 35.5. The molecule has 2 rings (SSSR count). The summed E-state index contributed by atoms with van der Waals surface area (Å²) in [5, 5.41) is 0.404. The summed E-state index contributed by atoms with van der Waals surface area (Å²) in [6.07, 6.45) is 1.41. The molecule has 15 heavy (non-hydrogen) atoms. The van der Waals surface area contributed by atoms with E-state index < -0.39 is 0 Å². The van der Waals surface area contributed by atoms with Crippen molar-refractivity contribution in [3.05, 3.63) is 17.5 Å². The molecule has 0 atom stereocenters. The molecule has 0 amide bonds. The van der Waals surface area contributed by atoms with Crippen LogP contribution < -0.4 is 4.90 Å². The molecule has 0 N–H and O–H groups in total. The number of hydrogen-bond acceptors (Lipinski definition) is 5. The second kappa shape index (κ2) is 4.02. The molecule has 0 aromatic carbocycles. The van der Waals surface area contributed by atoms with Gasteiger partial charge in [0.05, 0.1) is 13.0 Å². The zero-order valence-corrected chi connectivity index (χ0v) is 8.94. The maximum Gasteiger partial charge on any atom is 0.312 e. The first-order chi connectivity index (χ1) is 7.20. The highest BCUT2D eigenvalue weighted by molar-refractivity contribution is 6.29. The zero-order chi connectivity index (χ0) is 10.8. The second-order valence-corrected chi connectivity index (χ2v) is 3.71. The van der Waals surface area contributed by atoms with Gasteiger partial charge >= 0.3 is 5.97 Å². The van der Waals surface area contributed by atoms with E-state index in [0.717, 1.165) is 5.82 Å². The third kappa shape index (κ3) is 2.02. The van der Waals surface area contributed by atoms with Crippen molar-refractivity contribution in [1.82, 2.24) is 9.97 Å². The number of methoxy groups -OCH3 is 1. The number of carbonyl (C=O) groups is 1. The summed E-state index contributed by atoms with van der Waals surface area (Å²) in [5.41, 5.74) is 0. The van der Waals surface area contributed by atoms with Crippen LogP contribution in [0.1, 0.15) is 0 Å². The molecule has 1 aliphatic heterocycles.